The third kappa shape index (κ3) is 4.85. The molecule has 112 valence electrons. The number of carbonyl (C=O) groups is 1. The predicted molar refractivity (Wildman–Crippen MR) is 79.6 cm³/mol. The van der Waals surface area contributed by atoms with E-state index in [1.54, 1.807) is 13.8 Å². The van der Waals surface area contributed by atoms with E-state index in [9.17, 15) is 15.0 Å². The van der Waals surface area contributed by atoms with Crippen LogP contribution in [0.1, 0.15) is 45.6 Å². The van der Waals surface area contributed by atoms with Gasteiger partial charge in [0, 0.05) is 6.54 Å². The molecule has 2 N–H and O–H groups in total. The molecule has 1 unspecified atom stereocenters. The number of unbranched alkanes of at least 4 members (excludes halogenated alkanes) is 1. The second-order valence-corrected chi connectivity index (χ2v) is 5.71. The lowest BCUT2D eigenvalue weighted by Crippen LogP contribution is -2.51. The first-order valence-corrected chi connectivity index (χ1v) is 7.12. The van der Waals surface area contributed by atoms with E-state index in [4.69, 9.17) is 0 Å². The maximum atomic E-state index is 11.6. The van der Waals surface area contributed by atoms with E-state index >= 15 is 0 Å². The fourth-order valence-corrected chi connectivity index (χ4v) is 2.38. The maximum absolute atomic E-state index is 11.6. The van der Waals surface area contributed by atoms with E-state index in [-0.39, 0.29) is 0 Å². The van der Waals surface area contributed by atoms with Crippen LogP contribution in [0.3, 0.4) is 0 Å². The normalized spacial score (nSPS) is 13.0. The quantitative estimate of drug-likeness (QED) is 0.803. The second-order valence-electron chi connectivity index (χ2n) is 5.71. The van der Waals surface area contributed by atoms with Gasteiger partial charge in [0.2, 0.25) is 0 Å². The van der Waals surface area contributed by atoms with Crippen LogP contribution in [-0.4, -0.2) is 32.8 Å². The summed E-state index contributed by atoms with van der Waals surface area (Å²) in [5.41, 5.74) is -0.122. The number of aliphatic hydroxyl groups is 1. The number of hydrogen-bond acceptors (Lipinski definition) is 2. The van der Waals surface area contributed by atoms with Crippen molar-refractivity contribution in [3.8, 4) is 0 Å². The Morgan fingerprint density at radius 1 is 1.30 bits per heavy atom. The Kier molecular flexibility index (Phi) is 6.02. The third-order valence-corrected chi connectivity index (χ3v) is 3.46. The predicted octanol–water partition coefficient (Wildman–Crippen LogP) is 3.50. The molecule has 4 nitrogen and oxygen atoms in total. The monoisotopic (exact) mass is 279 g/mol. The number of rotatable bonds is 7. The van der Waals surface area contributed by atoms with E-state index in [0.717, 1.165) is 18.4 Å². The summed E-state index contributed by atoms with van der Waals surface area (Å²) in [7, 11) is 0. The Hall–Kier alpha value is -1.55. The lowest BCUT2D eigenvalue weighted by atomic mass is 9.92. The topological polar surface area (TPSA) is 60.8 Å². The zero-order chi connectivity index (χ0) is 15.2. The Labute approximate surface area is 121 Å². The van der Waals surface area contributed by atoms with E-state index in [0.29, 0.717) is 13.0 Å². The van der Waals surface area contributed by atoms with Crippen molar-refractivity contribution < 1.29 is 15.0 Å². The summed E-state index contributed by atoms with van der Waals surface area (Å²) in [6, 6.07) is 9.08. The molecule has 0 aliphatic heterocycles. The van der Waals surface area contributed by atoms with Gasteiger partial charge in [0.25, 0.3) is 0 Å². The first-order valence-electron chi connectivity index (χ1n) is 7.12. The van der Waals surface area contributed by atoms with Gasteiger partial charge in [-0.3, -0.25) is 4.90 Å². The first kappa shape index (κ1) is 16.5. The Morgan fingerprint density at radius 2 is 1.90 bits per heavy atom. The minimum Gasteiger partial charge on any atom is -0.465 e. The average molecular weight is 279 g/mol. The summed E-state index contributed by atoms with van der Waals surface area (Å²) >= 11 is 0. The molecule has 20 heavy (non-hydrogen) atoms. The van der Waals surface area contributed by atoms with Crippen LogP contribution in [0.5, 0.6) is 0 Å². The van der Waals surface area contributed by atoms with Gasteiger partial charge in [-0.2, -0.15) is 0 Å². The van der Waals surface area contributed by atoms with Crippen molar-refractivity contribution in [3.63, 3.8) is 0 Å². The van der Waals surface area contributed by atoms with Gasteiger partial charge in [-0.25, -0.2) is 4.79 Å². The minimum atomic E-state index is -1.05. The van der Waals surface area contributed by atoms with Gasteiger partial charge < -0.3 is 10.2 Å². The Balaban J connectivity index is 2.93. The lowest BCUT2D eigenvalue weighted by molar-refractivity contribution is -0.0209. The second kappa shape index (κ2) is 7.29. The molecule has 0 radical (unpaired) electrons. The molecule has 1 aromatic carbocycles. The number of hydrogen-bond donors (Lipinski definition) is 2. The van der Waals surface area contributed by atoms with Crippen molar-refractivity contribution in [2.24, 2.45) is 0 Å². The van der Waals surface area contributed by atoms with E-state index < -0.39 is 17.7 Å². The number of amides is 1. The third-order valence-electron chi connectivity index (χ3n) is 3.46. The highest BCUT2D eigenvalue weighted by molar-refractivity contribution is 5.65. The number of nitrogens with zero attached hydrogens (tertiary/aromatic N) is 1. The van der Waals surface area contributed by atoms with Gasteiger partial charge in [-0.05, 0) is 25.8 Å². The summed E-state index contributed by atoms with van der Waals surface area (Å²) in [6.07, 6.45) is 1.55. The zero-order valence-electron chi connectivity index (χ0n) is 12.5. The van der Waals surface area contributed by atoms with Crippen LogP contribution in [0.4, 0.5) is 4.79 Å². The van der Waals surface area contributed by atoms with Crippen LogP contribution in [0.25, 0.3) is 0 Å². The molecule has 0 aliphatic carbocycles. The van der Waals surface area contributed by atoms with Crippen LogP contribution in [-0.2, 0) is 6.54 Å². The van der Waals surface area contributed by atoms with Gasteiger partial charge in [0.15, 0.2) is 0 Å². The number of carboxylic acid groups (broad SMARTS) is 1. The summed E-state index contributed by atoms with van der Waals surface area (Å²) in [4.78, 5) is 12.9. The largest absolute Gasteiger partial charge is 0.465 e. The molecule has 1 amide bonds. The summed E-state index contributed by atoms with van der Waals surface area (Å²) < 4.78 is 0. The first-order chi connectivity index (χ1) is 9.36. The summed E-state index contributed by atoms with van der Waals surface area (Å²) in [6.45, 7) is 5.71. The molecule has 1 rings (SSSR count). The van der Waals surface area contributed by atoms with Gasteiger partial charge in [-0.15, -0.1) is 0 Å². The van der Waals surface area contributed by atoms with Crippen molar-refractivity contribution in [2.75, 3.05) is 0 Å². The zero-order valence-corrected chi connectivity index (χ0v) is 12.5. The van der Waals surface area contributed by atoms with Crippen molar-refractivity contribution in [2.45, 2.75) is 58.2 Å². The Morgan fingerprint density at radius 3 is 2.35 bits per heavy atom. The van der Waals surface area contributed by atoms with Crippen molar-refractivity contribution in [1.82, 2.24) is 4.90 Å². The Bertz CT molecular complexity index is 411. The molecule has 1 atom stereocenters. The molecule has 0 aliphatic rings. The SMILES string of the molecule is CCCCC(N(Cc1ccccc1)C(=O)O)C(C)(C)O. The molecule has 0 saturated heterocycles. The molecule has 0 aromatic heterocycles. The standard InChI is InChI=1S/C16H25NO3/c1-4-5-11-14(16(2,3)20)17(15(18)19)12-13-9-7-6-8-10-13/h6-10,14,20H,4-5,11-12H2,1-3H3,(H,18,19). The molecule has 1 aromatic rings. The fourth-order valence-electron chi connectivity index (χ4n) is 2.38. The number of benzene rings is 1. The molecule has 0 bridgehead atoms. The highest BCUT2D eigenvalue weighted by atomic mass is 16.4. The van der Waals surface area contributed by atoms with Crippen LogP contribution < -0.4 is 0 Å². The fraction of sp³-hybridized carbons (Fsp3) is 0.562. The van der Waals surface area contributed by atoms with Crippen LogP contribution in [0.15, 0.2) is 30.3 Å². The maximum Gasteiger partial charge on any atom is 0.407 e. The molecule has 0 saturated carbocycles. The summed E-state index contributed by atoms with van der Waals surface area (Å²) in [5.74, 6) is 0. The molecule has 0 fully saturated rings. The van der Waals surface area contributed by atoms with E-state index in [1.165, 1.54) is 4.90 Å². The highest BCUT2D eigenvalue weighted by Gasteiger charge is 2.34. The van der Waals surface area contributed by atoms with Crippen LogP contribution >= 0.6 is 0 Å². The van der Waals surface area contributed by atoms with Crippen molar-refractivity contribution >= 4 is 6.09 Å². The van der Waals surface area contributed by atoms with Crippen molar-refractivity contribution in [3.05, 3.63) is 35.9 Å². The van der Waals surface area contributed by atoms with Gasteiger partial charge in [-0.1, -0.05) is 50.1 Å². The summed E-state index contributed by atoms with van der Waals surface area (Å²) in [5, 5.41) is 19.8. The van der Waals surface area contributed by atoms with Crippen LogP contribution in [0, 0.1) is 0 Å². The molecule has 0 spiro atoms. The molecule has 4 heteroatoms. The lowest BCUT2D eigenvalue weighted by Gasteiger charge is -2.37. The van der Waals surface area contributed by atoms with Gasteiger partial charge in [0.1, 0.15) is 0 Å². The van der Waals surface area contributed by atoms with Gasteiger partial charge >= 0.3 is 6.09 Å². The van der Waals surface area contributed by atoms with E-state index in [1.807, 2.05) is 30.3 Å². The molecule has 0 heterocycles. The van der Waals surface area contributed by atoms with Crippen LogP contribution in [0.2, 0.25) is 0 Å². The van der Waals surface area contributed by atoms with Crippen molar-refractivity contribution in [1.29, 1.82) is 0 Å². The average Bonchev–Trinajstić information content (AvgIpc) is 2.37. The smallest absolute Gasteiger partial charge is 0.407 e. The molecular formula is C16H25NO3. The minimum absolute atomic E-state index is 0.300. The van der Waals surface area contributed by atoms with E-state index in [2.05, 4.69) is 6.92 Å². The molecular weight excluding hydrogens is 254 g/mol. The highest BCUT2D eigenvalue weighted by Crippen LogP contribution is 2.23. The van der Waals surface area contributed by atoms with Gasteiger partial charge in [0.05, 0.1) is 11.6 Å².